The molecule has 1 N–H and O–H groups in total. The van der Waals surface area contributed by atoms with Gasteiger partial charge in [-0.3, -0.25) is 0 Å². The SMILES string of the molecule is COc1cc2c(NC(C)c3ccc4c(c3)OCCO4)ncnc2c(OC)c1OC. The van der Waals surface area contributed by atoms with E-state index in [4.69, 9.17) is 23.7 Å². The Morgan fingerprint density at radius 2 is 1.69 bits per heavy atom. The number of anilines is 1. The molecule has 1 unspecified atom stereocenters. The van der Waals surface area contributed by atoms with E-state index < -0.39 is 0 Å². The highest BCUT2D eigenvalue weighted by Crippen LogP contribution is 2.44. The highest BCUT2D eigenvalue weighted by atomic mass is 16.6. The molecule has 2 aromatic carbocycles. The molecule has 8 nitrogen and oxygen atoms in total. The molecular weight excluding hydrogens is 374 g/mol. The molecule has 0 aliphatic carbocycles. The van der Waals surface area contributed by atoms with Gasteiger partial charge < -0.3 is 29.0 Å². The fourth-order valence-corrected chi connectivity index (χ4v) is 3.40. The molecule has 29 heavy (non-hydrogen) atoms. The standard InChI is InChI=1S/C21H23N3O5/c1-12(13-5-6-15-16(9-13)29-8-7-28-15)24-21-14-10-17(25-2)19(26-3)20(27-4)18(14)22-11-23-21/h5-6,9-12H,7-8H2,1-4H3,(H,22,23,24). The summed E-state index contributed by atoms with van der Waals surface area (Å²) in [6.45, 7) is 3.17. The molecule has 1 aromatic heterocycles. The summed E-state index contributed by atoms with van der Waals surface area (Å²) >= 11 is 0. The van der Waals surface area contributed by atoms with Gasteiger partial charge in [0.1, 0.15) is 30.9 Å². The van der Waals surface area contributed by atoms with Crippen LogP contribution in [0.5, 0.6) is 28.7 Å². The minimum atomic E-state index is -0.0389. The van der Waals surface area contributed by atoms with E-state index >= 15 is 0 Å². The summed E-state index contributed by atoms with van der Waals surface area (Å²) in [5.41, 5.74) is 1.69. The topological polar surface area (TPSA) is 84.0 Å². The Hall–Kier alpha value is -3.42. The van der Waals surface area contributed by atoms with Crippen molar-refractivity contribution in [2.45, 2.75) is 13.0 Å². The van der Waals surface area contributed by atoms with Crippen LogP contribution in [-0.2, 0) is 0 Å². The van der Waals surface area contributed by atoms with E-state index in [-0.39, 0.29) is 6.04 Å². The Labute approximate surface area is 168 Å². The van der Waals surface area contributed by atoms with Crippen molar-refractivity contribution in [1.82, 2.24) is 9.97 Å². The average Bonchev–Trinajstić information content (AvgIpc) is 2.77. The second kappa shape index (κ2) is 7.90. The molecule has 4 rings (SSSR count). The molecule has 2 heterocycles. The van der Waals surface area contributed by atoms with Gasteiger partial charge in [-0.05, 0) is 30.7 Å². The minimum absolute atomic E-state index is 0.0389. The fourth-order valence-electron chi connectivity index (χ4n) is 3.40. The number of rotatable bonds is 6. The highest BCUT2D eigenvalue weighted by molar-refractivity contribution is 5.96. The Kier molecular flexibility index (Phi) is 5.16. The van der Waals surface area contributed by atoms with Gasteiger partial charge in [-0.1, -0.05) is 6.07 Å². The zero-order valence-corrected chi connectivity index (χ0v) is 16.8. The summed E-state index contributed by atoms with van der Waals surface area (Å²) in [5, 5.41) is 4.22. The molecule has 0 fully saturated rings. The number of nitrogens with zero attached hydrogens (tertiary/aromatic N) is 2. The Bertz CT molecular complexity index is 1040. The van der Waals surface area contributed by atoms with Crippen molar-refractivity contribution >= 4 is 16.7 Å². The van der Waals surface area contributed by atoms with E-state index in [0.717, 1.165) is 22.4 Å². The molecule has 0 spiro atoms. The molecule has 3 aromatic rings. The summed E-state index contributed by atoms with van der Waals surface area (Å²) < 4.78 is 27.8. The van der Waals surface area contributed by atoms with Crippen LogP contribution >= 0.6 is 0 Å². The van der Waals surface area contributed by atoms with Gasteiger partial charge in [0, 0.05) is 0 Å². The molecule has 0 saturated carbocycles. The van der Waals surface area contributed by atoms with Crippen LogP contribution in [0, 0.1) is 0 Å². The number of aromatic nitrogens is 2. The fraction of sp³-hybridized carbons (Fsp3) is 0.333. The number of fused-ring (bicyclic) bond motifs is 2. The van der Waals surface area contributed by atoms with Crippen LogP contribution in [0.25, 0.3) is 10.9 Å². The molecule has 0 radical (unpaired) electrons. The van der Waals surface area contributed by atoms with Gasteiger partial charge in [0.2, 0.25) is 5.75 Å². The lowest BCUT2D eigenvalue weighted by molar-refractivity contribution is 0.171. The third-order valence-electron chi connectivity index (χ3n) is 4.85. The van der Waals surface area contributed by atoms with E-state index in [2.05, 4.69) is 22.2 Å². The first-order valence-electron chi connectivity index (χ1n) is 9.26. The number of hydrogen-bond acceptors (Lipinski definition) is 8. The maximum Gasteiger partial charge on any atom is 0.205 e. The maximum atomic E-state index is 5.70. The Balaban J connectivity index is 1.72. The van der Waals surface area contributed by atoms with Gasteiger partial charge in [-0.15, -0.1) is 0 Å². The third-order valence-corrected chi connectivity index (χ3v) is 4.85. The first-order chi connectivity index (χ1) is 14.2. The summed E-state index contributed by atoms with van der Waals surface area (Å²) in [7, 11) is 4.72. The van der Waals surface area contributed by atoms with Gasteiger partial charge >= 0.3 is 0 Å². The number of nitrogens with one attached hydrogen (secondary N) is 1. The molecule has 0 saturated heterocycles. The van der Waals surface area contributed by atoms with Gasteiger partial charge in [-0.2, -0.15) is 0 Å². The summed E-state index contributed by atoms with van der Waals surface area (Å²) in [6, 6.07) is 7.73. The smallest absolute Gasteiger partial charge is 0.205 e. The summed E-state index contributed by atoms with van der Waals surface area (Å²) in [6.07, 6.45) is 1.50. The van der Waals surface area contributed by atoms with E-state index in [1.165, 1.54) is 6.33 Å². The highest BCUT2D eigenvalue weighted by Gasteiger charge is 2.21. The molecule has 1 aliphatic rings. The van der Waals surface area contributed by atoms with Crippen molar-refractivity contribution in [3.8, 4) is 28.7 Å². The lowest BCUT2D eigenvalue weighted by atomic mass is 10.1. The first-order valence-corrected chi connectivity index (χ1v) is 9.26. The van der Waals surface area contributed by atoms with Gasteiger partial charge in [0.15, 0.2) is 23.0 Å². The molecule has 1 atom stereocenters. The molecule has 0 amide bonds. The van der Waals surface area contributed by atoms with Crippen molar-refractivity contribution in [2.24, 2.45) is 0 Å². The van der Waals surface area contributed by atoms with Gasteiger partial charge in [0.05, 0.1) is 32.8 Å². The summed E-state index contributed by atoms with van der Waals surface area (Å²) in [4.78, 5) is 8.82. The van der Waals surface area contributed by atoms with Gasteiger partial charge in [0.25, 0.3) is 0 Å². The molecule has 8 heteroatoms. The first kappa shape index (κ1) is 18.9. The molecule has 0 bridgehead atoms. The predicted molar refractivity (Wildman–Crippen MR) is 109 cm³/mol. The lowest BCUT2D eigenvalue weighted by Gasteiger charge is -2.22. The average molecular weight is 397 g/mol. The number of ether oxygens (including phenoxy) is 5. The molecular formula is C21H23N3O5. The molecule has 1 aliphatic heterocycles. The number of hydrogen-bond donors (Lipinski definition) is 1. The van der Waals surface area contributed by atoms with Crippen LogP contribution in [0.4, 0.5) is 5.82 Å². The van der Waals surface area contributed by atoms with Crippen LogP contribution in [0.1, 0.15) is 18.5 Å². The normalized spacial score (nSPS) is 13.7. The van der Waals surface area contributed by atoms with Gasteiger partial charge in [-0.25, -0.2) is 9.97 Å². The molecule has 152 valence electrons. The summed E-state index contributed by atoms with van der Waals surface area (Å²) in [5.74, 6) is 3.72. The lowest BCUT2D eigenvalue weighted by Crippen LogP contribution is -2.16. The van der Waals surface area contributed by atoms with E-state index in [1.54, 1.807) is 21.3 Å². The quantitative estimate of drug-likeness (QED) is 0.675. The van der Waals surface area contributed by atoms with Crippen LogP contribution in [0.3, 0.4) is 0 Å². The van der Waals surface area contributed by atoms with E-state index in [9.17, 15) is 0 Å². The minimum Gasteiger partial charge on any atom is -0.493 e. The largest absolute Gasteiger partial charge is 0.493 e. The monoisotopic (exact) mass is 397 g/mol. The zero-order valence-electron chi connectivity index (χ0n) is 16.8. The van der Waals surface area contributed by atoms with Crippen LogP contribution in [0.15, 0.2) is 30.6 Å². The zero-order chi connectivity index (χ0) is 20.4. The number of benzene rings is 2. The van der Waals surface area contributed by atoms with Crippen molar-refractivity contribution in [3.05, 3.63) is 36.2 Å². The van der Waals surface area contributed by atoms with E-state index in [1.807, 2.05) is 24.3 Å². The second-order valence-corrected chi connectivity index (χ2v) is 6.53. The maximum absolute atomic E-state index is 5.70. The second-order valence-electron chi connectivity index (χ2n) is 6.53. The number of methoxy groups -OCH3 is 3. The Morgan fingerprint density at radius 3 is 2.41 bits per heavy atom. The van der Waals surface area contributed by atoms with Crippen LogP contribution in [-0.4, -0.2) is 44.5 Å². The van der Waals surface area contributed by atoms with Crippen LogP contribution in [0.2, 0.25) is 0 Å². The van der Waals surface area contributed by atoms with Crippen molar-refractivity contribution < 1.29 is 23.7 Å². The predicted octanol–water partition coefficient (Wildman–Crippen LogP) is 3.60. The van der Waals surface area contributed by atoms with Crippen molar-refractivity contribution in [1.29, 1.82) is 0 Å². The van der Waals surface area contributed by atoms with Crippen molar-refractivity contribution in [2.75, 3.05) is 39.9 Å². The Morgan fingerprint density at radius 1 is 0.931 bits per heavy atom. The van der Waals surface area contributed by atoms with Crippen LogP contribution < -0.4 is 29.0 Å². The third kappa shape index (κ3) is 3.41. The van der Waals surface area contributed by atoms with Crippen molar-refractivity contribution in [3.63, 3.8) is 0 Å². The van der Waals surface area contributed by atoms with E-state index in [0.29, 0.717) is 41.8 Å².